The average molecular weight is 553 g/mol. The minimum Gasteiger partial charge on any atom is -0.483 e. The Balaban J connectivity index is 1.55. The Labute approximate surface area is 241 Å². The van der Waals surface area contributed by atoms with Crippen molar-refractivity contribution in [3.63, 3.8) is 0 Å². The Hall–Kier alpha value is -4.43. The molecular weight excluding hydrogens is 516 g/mol. The molecule has 6 rings (SSSR count). The van der Waals surface area contributed by atoms with Gasteiger partial charge in [-0.05, 0) is 68.3 Å². The van der Waals surface area contributed by atoms with Gasteiger partial charge in [-0.25, -0.2) is 0 Å². The fourth-order valence-corrected chi connectivity index (χ4v) is 5.44. The third-order valence-corrected chi connectivity index (χ3v) is 7.68. The number of amides is 3. The van der Waals surface area contributed by atoms with Crippen LogP contribution in [0.1, 0.15) is 35.6 Å². The van der Waals surface area contributed by atoms with E-state index in [1.54, 1.807) is 17.2 Å². The predicted octanol–water partition coefficient (Wildman–Crippen LogP) is 3.56. The van der Waals surface area contributed by atoms with Crippen molar-refractivity contribution in [1.29, 1.82) is 0 Å². The smallest absolute Gasteiger partial charge is 0.250 e. The van der Waals surface area contributed by atoms with Crippen molar-refractivity contribution in [2.45, 2.75) is 43.5 Å². The van der Waals surface area contributed by atoms with Gasteiger partial charge in [-0.15, -0.1) is 0 Å². The summed E-state index contributed by atoms with van der Waals surface area (Å²) < 4.78 is 6.52. The van der Waals surface area contributed by atoms with E-state index in [2.05, 4.69) is 10.6 Å². The Morgan fingerprint density at radius 1 is 1.00 bits per heavy atom. The number of rotatable bonds is 6. The lowest BCUT2D eigenvalue weighted by molar-refractivity contribution is -0.144. The molecule has 1 fully saturated rings. The zero-order valence-corrected chi connectivity index (χ0v) is 23.4. The maximum absolute atomic E-state index is 14.4. The summed E-state index contributed by atoms with van der Waals surface area (Å²) >= 11 is 0. The minimum atomic E-state index is -1.07. The normalized spacial score (nSPS) is 22.3. The summed E-state index contributed by atoms with van der Waals surface area (Å²) in [5.74, 6) is -0.324. The number of benzene rings is 3. The molecule has 3 aromatic rings. The Morgan fingerprint density at radius 3 is 2.37 bits per heavy atom. The number of hydrogen-bond acceptors (Lipinski definition) is 5. The van der Waals surface area contributed by atoms with Crippen molar-refractivity contribution in [2.24, 2.45) is 0 Å². The molecule has 3 aromatic carbocycles. The van der Waals surface area contributed by atoms with Crippen molar-refractivity contribution in [2.75, 3.05) is 20.6 Å². The van der Waals surface area contributed by atoms with E-state index in [1.807, 2.05) is 104 Å². The molecule has 2 N–H and O–H groups in total. The second-order valence-corrected chi connectivity index (χ2v) is 10.7. The van der Waals surface area contributed by atoms with E-state index in [-0.39, 0.29) is 17.7 Å². The zero-order valence-electron chi connectivity index (χ0n) is 23.4. The molecule has 3 amide bonds. The van der Waals surface area contributed by atoms with Gasteiger partial charge >= 0.3 is 0 Å². The molecule has 8 heteroatoms. The van der Waals surface area contributed by atoms with Crippen LogP contribution in [0.15, 0.2) is 91.1 Å². The summed E-state index contributed by atoms with van der Waals surface area (Å²) in [5.41, 5.74) is 2.65. The van der Waals surface area contributed by atoms with Crippen LogP contribution >= 0.6 is 0 Å². The second-order valence-electron chi connectivity index (χ2n) is 10.7. The SMILES string of the molecule is CN(C)[C@@H](Cc1ccccc1)C(=O)N[C@@H]1C(=O)N2CCCC2C(=O)N/C=C/c2ccc(cc2)O[C@@H]1c1ccccc1. The van der Waals surface area contributed by atoms with Crippen LogP contribution < -0.4 is 15.4 Å². The lowest BCUT2D eigenvalue weighted by Gasteiger charge is -2.35. The van der Waals surface area contributed by atoms with Gasteiger partial charge in [0.25, 0.3) is 0 Å². The zero-order chi connectivity index (χ0) is 28.8. The maximum atomic E-state index is 14.4. The molecule has 0 aliphatic carbocycles. The van der Waals surface area contributed by atoms with Crippen LogP contribution in [-0.4, -0.2) is 66.3 Å². The molecular formula is C33H36N4O4. The van der Waals surface area contributed by atoms with Crippen LogP contribution in [-0.2, 0) is 20.8 Å². The summed E-state index contributed by atoms with van der Waals surface area (Å²) in [6.07, 6.45) is 4.28. The van der Waals surface area contributed by atoms with E-state index in [4.69, 9.17) is 4.74 Å². The molecule has 212 valence electrons. The number of nitrogens with zero attached hydrogens (tertiary/aromatic N) is 2. The van der Waals surface area contributed by atoms with E-state index in [0.717, 1.165) is 16.7 Å². The van der Waals surface area contributed by atoms with Crippen molar-refractivity contribution in [3.8, 4) is 5.75 Å². The van der Waals surface area contributed by atoms with Gasteiger partial charge in [0, 0.05) is 12.7 Å². The van der Waals surface area contributed by atoms with E-state index < -0.39 is 24.2 Å². The third-order valence-electron chi connectivity index (χ3n) is 7.68. The van der Waals surface area contributed by atoms with Gasteiger partial charge in [0.05, 0.1) is 6.04 Å². The fraction of sp³-hybridized carbons (Fsp3) is 0.303. The van der Waals surface area contributed by atoms with Crippen molar-refractivity contribution in [3.05, 3.63) is 108 Å². The third kappa shape index (κ3) is 6.66. The first-order valence-corrected chi connectivity index (χ1v) is 14.0. The summed E-state index contributed by atoms with van der Waals surface area (Å²) in [6.45, 7) is 0.420. The molecule has 3 aliphatic heterocycles. The number of carbonyl (C=O) groups excluding carboxylic acids is 3. The van der Waals surface area contributed by atoms with Crippen molar-refractivity contribution < 1.29 is 19.1 Å². The monoisotopic (exact) mass is 552 g/mol. The number of nitrogens with one attached hydrogen (secondary N) is 2. The van der Waals surface area contributed by atoms with Crippen LogP contribution in [0.25, 0.3) is 6.08 Å². The molecule has 41 heavy (non-hydrogen) atoms. The molecule has 3 heterocycles. The Kier molecular flexibility index (Phi) is 8.79. The van der Waals surface area contributed by atoms with Crippen molar-refractivity contribution >= 4 is 23.8 Å². The van der Waals surface area contributed by atoms with Gasteiger partial charge in [0.1, 0.15) is 17.8 Å². The molecule has 0 saturated carbocycles. The number of hydrogen-bond donors (Lipinski definition) is 2. The van der Waals surface area contributed by atoms with Gasteiger partial charge in [-0.1, -0.05) is 72.8 Å². The van der Waals surface area contributed by atoms with E-state index in [0.29, 0.717) is 31.6 Å². The quantitative estimate of drug-likeness (QED) is 0.488. The first-order valence-electron chi connectivity index (χ1n) is 14.0. The van der Waals surface area contributed by atoms with Gasteiger partial charge in [0.15, 0.2) is 6.10 Å². The largest absolute Gasteiger partial charge is 0.483 e. The van der Waals surface area contributed by atoms with Crippen LogP contribution in [0, 0.1) is 0 Å². The average Bonchev–Trinajstić information content (AvgIpc) is 3.49. The summed E-state index contributed by atoms with van der Waals surface area (Å²) in [4.78, 5) is 45.0. The molecule has 4 atom stereocenters. The minimum absolute atomic E-state index is 0.252. The Morgan fingerprint density at radius 2 is 1.68 bits per heavy atom. The fourth-order valence-electron chi connectivity index (χ4n) is 5.44. The van der Waals surface area contributed by atoms with Gasteiger partial charge in [-0.3, -0.25) is 19.3 Å². The number of carbonyl (C=O) groups is 3. The highest BCUT2D eigenvalue weighted by Gasteiger charge is 2.42. The maximum Gasteiger partial charge on any atom is 0.250 e. The molecule has 2 bridgehead atoms. The summed E-state index contributed by atoms with van der Waals surface area (Å²) in [5, 5.41) is 5.91. The van der Waals surface area contributed by atoms with E-state index >= 15 is 0 Å². The highest BCUT2D eigenvalue weighted by atomic mass is 16.5. The first kappa shape index (κ1) is 28.1. The van der Waals surface area contributed by atoms with Crippen LogP contribution in [0.4, 0.5) is 0 Å². The molecule has 0 aromatic heterocycles. The summed E-state index contributed by atoms with van der Waals surface area (Å²) in [6, 6.07) is 24.4. The van der Waals surface area contributed by atoms with Crippen LogP contribution in [0.3, 0.4) is 0 Å². The lowest BCUT2D eigenvalue weighted by Crippen LogP contribution is -2.58. The lowest BCUT2D eigenvalue weighted by atomic mass is 9.98. The molecule has 1 unspecified atom stereocenters. The molecule has 8 nitrogen and oxygen atoms in total. The number of fused-ring (bicyclic) bond motifs is 7. The van der Waals surface area contributed by atoms with E-state index in [1.165, 1.54) is 0 Å². The molecule has 0 radical (unpaired) electrons. The predicted molar refractivity (Wildman–Crippen MR) is 158 cm³/mol. The number of ether oxygens (including phenoxy) is 1. The highest BCUT2D eigenvalue weighted by molar-refractivity contribution is 5.94. The van der Waals surface area contributed by atoms with Gasteiger partial charge < -0.3 is 20.3 Å². The molecule has 0 spiro atoms. The van der Waals surface area contributed by atoms with Crippen LogP contribution in [0.2, 0.25) is 0 Å². The Bertz CT molecular complexity index is 1380. The second kappa shape index (κ2) is 12.8. The standard InChI is InChI=1S/C33H36N4O4/c1-36(2)28(22-24-10-5-3-6-11-24)32(39)35-29-30(25-12-7-4-8-13-25)41-26-17-15-23(16-18-26)19-20-34-31(38)27-14-9-21-37(27)33(29)40/h3-8,10-13,15-20,27-30H,9,14,21-22H2,1-2H3,(H,34,38)(H,35,39)/b20-19+/t27?,28-,29-,30+/m0/s1. The van der Waals surface area contributed by atoms with E-state index in [9.17, 15) is 14.4 Å². The number of likely N-dealkylation sites (N-methyl/N-ethyl adjacent to an activating group) is 1. The highest BCUT2D eigenvalue weighted by Crippen LogP contribution is 2.29. The van der Waals surface area contributed by atoms with Crippen molar-refractivity contribution in [1.82, 2.24) is 20.4 Å². The summed E-state index contributed by atoms with van der Waals surface area (Å²) in [7, 11) is 3.70. The first-order chi connectivity index (χ1) is 19.9. The molecule has 3 aliphatic rings. The van der Waals surface area contributed by atoms with Gasteiger partial charge in [0.2, 0.25) is 17.7 Å². The van der Waals surface area contributed by atoms with Crippen LogP contribution in [0.5, 0.6) is 5.75 Å². The topological polar surface area (TPSA) is 91.0 Å². The molecule has 1 saturated heterocycles. The van der Waals surface area contributed by atoms with Gasteiger partial charge in [-0.2, -0.15) is 0 Å².